The highest BCUT2D eigenvalue weighted by Crippen LogP contribution is 2.25. The van der Waals surface area contributed by atoms with E-state index in [0.29, 0.717) is 10.9 Å². The smallest absolute Gasteiger partial charge is 0.297 e. The summed E-state index contributed by atoms with van der Waals surface area (Å²) in [7, 11) is -3.86. The van der Waals surface area contributed by atoms with Crippen molar-refractivity contribution in [1.29, 1.82) is 0 Å². The summed E-state index contributed by atoms with van der Waals surface area (Å²) in [6.45, 7) is 2.52. The number of aromatic hydroxyl groups is 2. The Kier molecular flexibility index (Phi) is 11.3. The number of H-pyrrole nitrogens is 2. The number of carbonyl (C=O) groups excluding carboxylic acids is 2. The van der Waals surface area contributed by atoms with E-state index in [9.17, 15) is 28.2 Å². The van der Waals surface area contributed by atoms with Crippen LogP contribution in [-0.2, 0) is 46.2 Å². The number of ether oxygens (including phenoxy) is 2. The van der Waals surface area contributed by atoms with Crippen LogP contribution in [-0.4, -0.2) is 86.0 Å². The van der Waals surface area contributed by atoms with Gasteiger partial charge < -0.3 is 40.3 Å². The van der Waals surface area contributed by atoms with Crippen molar-refractivity contribution in [1.82, 2.24) is 20.6 Å². The highest BCUT2D eigenvalue weighted by molar-refractivity contribution is 7.86. The lowest BCUT2D eigenvalue weighted by Gasteiger charge is -2.18. The molecule has 1 atom stereocenters. The molecule has 13 nitrogen and oxygen atoms in total. The second kappa shape index (κ2) is 15.8. The fraction of sp³-hybridized carbons (Fsp3) is 0.294. The Bertz CT molecular complexity index is 1970. The molecule has 0 aliphatic heterocycles. The average Bonchev–Trinajstić information content (AvgIpc) is 3.64. The van der Waals surface area contributed by atoms with Gasteiger partial charge in [0.15, 0.2) is 0 Å². The SMILES string of the molecule is Cc1ccc(S(=O)(=O)OCCOCCOCCNC(=O)C(Cc2c[nH]c3ccc(O)cc23)NC(=O)Cc2c[nH]c3ccc(O)cc23)cc1. The number of hydrogen-bond donors (Lipinski definition) is 6. The Labute approximate surface area is 277 Å². The zero-order valence-corrected chi connectivity index (χ0v) is 27.1. The Morgan fingerprint density at radius 1 is 0.792 bits per heavy atom. The molecule has 3 aromatic carbocycles. The summed E-state index contributed by atoms with van der Waals surface area (Å²) in [5, 5.41) is 27.0. The largest absolute Gasteiger partial charge is 0.508 e. The number of nitrogens with one attached hydrogen (secondary N) is 4. The third-order valence-corrected chi connectivity index (χ3v) is 8.95. The molecule has 14 heteroatoms. The topological polar surface area (TPSA) is 192 Å². The fourth-order valence-corrected chi connectivity index (χ4v) is 6.06. The number of phenolic OH excluding ortho intramolecular Hbond substituents is 2. The van der Waals surface area contributed by atoms with Gasteiger partial charge in [0.05, 0.1) is 44.4 Å². The molecule has 0 fully saturated rings. The Balaban J connectivity index is 1.08. The van der Waals surface area contributed by atoms with Crippen LogP contribution in [0.4, 0.5) is 0 Å². The van der Waals surface area contributed by atoms with Crippen LogP contribution in [0.1, 0.15) is 16.7 Å². The van der Waals surface area contributed by atoms with Gasteiger partial charge in [-0.2, -0.15) is 8.42 Å². The second-order valence-corrected chi connectivity index (χ2v) is 12.8. The molecule has 0 saturated carbocycles. The molecule has 5 aromatic rings. The van der Waals surface area contributed by atoms with Crippen LogP contribution in [0, 0.1) is 6.92 Å². The first-order valence-electron chi connectivity index (χ1n) is 15.4. The second-order valence-electron chi connectivity index (χ2n) is 11.2. The van der Waals surface area contributed by atoms with E-state index < -0.39 is 22.1 Å². The van der Waals surface area contributed by atoms with Crippen molar-refractivity contribution < 1.29 is 41.9 Å². The first-order valence-corrected chi connectivity index (χ1v) is 16.8. The maximum atomic E-state index is 13.3. The third-order valence-electron chi connectivity index (χ3n) is 7.62. The zero-order chi connectivity index (χ0) is 34.1. The highest BCUT2D eigenvalue weighted by atomic mass is 32.2. The van der Waals surface area contributed by atoms with Gasteiger partial charge in [0.25, 0.3) is 10.1 Å². The van der Waals surface area contributed by atoms with Gasteiger partial charge in [0.2, 0.25) is 11.8 Å². The summed E-state index contributed by atoms with van der Waals surface area (Å²) in [5.41, 5.74) is 3.90. The average molecular weight is 679 g/mol. The van der Waals surface area contributed by atoms with E-state index in [4.69, 9.17) is 13.7 Å². The minimum atomic E-state index is -3.86. The normalized spacial score (nSPS) is 12.4. The van der Waals surface area contributed by atoms with E-state index in [1.165, 1.54) is 12.1 Å². The van der Waals surface area contributed by atoms with E-state index >= 15 is 0 Å². The molecule has 6 N–H and O–H groups in total. The molecule has 1 unspecified atom stereocenters. The molecule has 254 valence electrons. The number of benzene rings is 3. The van der Waals surface area contributed by atoms with E-state index in [2.05, 4.69) is 20.6 Å². The van der Waals surface area contributed by atoms with Crippen molar-refractivity contribution in [2.24, 2.45) is 0 Å². The predicted molar refractivity (Wildman–Crippen MR) is 178 cm³/mol. The number of phenols is 2. The molecule has 0 spiro atoms. The lowest BCUT2D eigenvalue weighted by atomic mass is 10.0. The van der Waals surface area contributed by atoms with Gasteiger partial charge in [-0.3, -0.25) is 13.8 Å². The molecular weight excluding hydrogens is 640 g/mol. The summed E-state index contributed by atoms with van der Waals surface area (Å²) in [4.78, 5) is 32.8. The first kappa shape index (κ1) is 34.4. The molecule has 2 amide bonds. The van der Waals surface area contributed by atoms with Gasteiger partial charge in [0, 0.05) is 47.2 Å². The van der Waals surface area contributed by atoms with E-state index in [1.54, 1.807) is 60.9 Å². The van der Waals surface area contributed by atoms with Crippen LogP contribution >= 0.6 is 0 Å². The monoisotopic (exact) mass is 678 g/mol. The number of carbonyl (C=O) groups is 2. The minimum Gasteiger partial charge on any atom is -0.508 e. The molecule has 5 rings (SSSR count). The van der Waals surface area contributed by atoms with Crippen molar-refractivity contribution in [3.8, 4) is 11.5 Å². The summed E-state index contributed by atoms with van der Waals surface area (Å²) in [5.74, 6) is -0.639. The van der Waals surface area contributed by atoms with Crippen LogP contribution < -0.4 is 10.6 Å². The van der Waals surface area contributed by atoms with Gasteiger partial charge >= 0.3 is 0 Å². The minimum absolute atomic E-state index is 0.0199. The lowest BCUT2D eigenvalue weighted by molar-refractivity contribution is -0.128. The van der Waals surface area contributed by atoms with Gasteiger partial charge in [-0.15, -0.1) is 0 Å². The Morgan fingerprint density at radius 3 is 2.04 bits per heavy atom. The van der Waals surface area contributed by atoms with E-state index in [-0.39, 0.29) is 74.7 Å². The molecule has 0 radical (unpaired) electrons. The van der Waals surface area contributed by atoms with Crippen LogP contribution in [0.25, 0.3) is 21.8 Å². The molecule has 48 heavy (non-hydrogen) atoms. The number of amides is 2. The number of rotatable bonds is 17. The van der Waals surface area contributed by atoms with E-state index in [0.717, 1.165) is 27.5 Å². The molecule has 0 aliphatic carbocycles. The van der Waals surface area contributed by atoms with Gasteiger partial charge in [-0.1, -0.05) is 17.7 Å². The van der Waals surface area contributed by atoms with Crippen LogP contribution in [0.2, 0.25) is 0 Å². The molecule has 0 aliphatic rings. The van der Waals surface area contributed by atoms with Crippen LogP contribution in [0.15, 0.2) is 78.0 Å². The summed E-state index contributed by atoms with van der Waals surface area (Å²) < 4.78 is 40.4. The van der Waals surface area contributed by atoms with Crippen molar-refractivity contribution in [3.63, 3.8) is 0 Å². The molecule has 2 heterocycles. The maximum absolute atomic E-state index is 13.3. The first-order chi connectivity index (χ1) is 23.1. The number of hydrogen-bond acceptors (Lipinski definition) is 9. The Morgan fingerprint density at radius 2 is 1.38 bits per heavy atom. The number of aromatic nitrogens is 2. The third kappa shape index (κ3) is 9.13. The molecule has 2 aromatic heterocycles. The fourth-order valence-electron chi connectivity index (χ4n) is 5.16. The summed E-state index contributed by atoms with van der Waals surface area (Å²) in [6.07, 6.45) is 3.58. The van der Waals surface area contributed by atoms with Crippen molar-refractivity contribution in [2.45, 2.75) is 30.7 Å². The van der Waals surface area contributed by atoms with Crippen molar-refractivity contribution >= 4 is 43.7 Å². The molecular formula is C34H38N4O9S. The molecule has 0 bridgehead atoms. The van der Waals surface area contributed by atoms with Crippen molar-refractivity contribution in [3.05, 3.63) is 89.7 Å². The van der Waals surface area contributed by atoms with Crippen molar-refractivity contribution in [2.75, 3.05) is 39.6 Å². The lowest BCUT2D eigenvalue weighted by Crippen LogP contribution is -2.49. The van der Waals surface area contributed by atoms with Gasteiger partial charge in [0.1, 0.15) is 17.5 Å². The predicted octanol–water partition coefficient (Wildman–Crippen LogP) is 3.19. The Hall–Kier alpha value is -4.89. The standard InChI is InChI=1S/C34H38N4O9S/c1-22-2-6-27(7-3-22)48(43,44)47-15-14-46-13-12-45-11-10-35-34(42)32(16-23-20-36-30-8-4-25(39)18-28(23)30)38-33(41)17-24-21-37-31-9-5-26(40)19-29(24)31/h2-9,18-21,32,36-37,39-40H,10-17H2,1H3,(H,35,42)(H,38,41). The zero-order valence-electron chi connectivity index (χ0n) is 26.3. The van der Waals surface area contributed by atoms with Crippen LogP contribution in [0.3, 0.4) is 0 Å². The van der Waals surface area contributed by atoms with E-state index in [1.807, 2.05) is 6.92 Å². The summed E-state index contributed by atoms with van der Waals surface area (Å²) in [6, 6.07) is 15.2. The van der Waals surface area contributed by atoms with Gasteiger partial charge in [-0.25, -0.2) is 0 Å². The molecule has 0 saturated heterocycles. The maximum Gasteiger partial charge on any atom is 0.297 e. The quantitative estimate of drug-likeness (QED) is 0.0633. The summed E-state index contributed by atoms with van der Waals surface area (Å²) >= 11 is 0. The van der Waals surface area contributed by atoms with Gasteiger partial charge in [-0.05, 0) is 66.6 Å². The number of fused-ring (bicyclic) bond motifs is 2. The highest BCUT2D eigenvalue weighted by Gasteiger charge is 2.23. The van der Waals surface area contributed by atoms with Crippen LogP contribution in [0.5, 0.6) is 11.5 Å². The number of aromatic amines is 2. The number of aryl methyl sites for hydroxylation is 1.